The van der Waals surface area contributed by atoms with Crippen molar-refractivity contribution in [3.63, 3.8) is 0 Å². The van der Waals surface area contributed by atoms with Crippen molar-refractivity contribution in [1.82, 2.24) is 19.9 Å². The fraction of sp³-hybridized carbons (Fsp3) is 0. The molecule has 8 aromatic rings. The van der Waals surface area contributed by atoms with E-state index in [2.05, 4.69) is 162 Å². The highest BCUT2D eigenvalue weighted by atomic mass is 14.8. The van der Waals surface area contributed by atoms with Gasteiger partial charge in [0.25, 0.3) is 0 Å². The Balaban J connectivity index is 1.43. The molecular weight excluding hydrogens is 585 g/mol. The molecule has 0 radical (unpaired) electrons. The van der Waals surface area contributed by atoms with E-state index in [1.165, 1.54) is 0 Å². The van der Waals surface area contributed by atoms with Crippen LogP contribution in [-0.2, 0) is 0 Å². The van der Waals surface area contributed by atoms with Gasteiger partial charge in [-0.1, -0.05) is 140 Å². The number of nitrogens with one attached hydrogen (secondary N) is 2. The molecule has 2 aliphatic heterocycles. The highest BCUT2D eigenvalue weighted by molar-refractivity contribution is 6.13. The molecule has 224 valence electrons. The average molecular weight is 613 g/mol. The number of hydrogen-bond acceptors (Lipinski definition) is 2. The molecule has 0 spiro atoms. The van der Waals surface area contributed by atoms with Crippen LogP contribution < -0.4 is 0 Å². The van der Waals surface area contributed by atoms with E-state index in [0.29, 0.717) is 0 Å². The topological polar surface area (TPSA) is 57.4 Å². The van der Waals surface area contributed by atoms with Crippen LogP contribution in [0.3, 0.4) is 0 Å². The van der Waals surface area contributed by atoms with E-state index in [4.69, 9.17) is 9.97 Å². The standard InChI is InChI=1S/C44H28N4/c1-2-12-27(13-3-1)22-23-36-43-34-20-10-8-18-32(34)41(47-43)25-39-30-16-6-4-14-28(30)37(45-39)24-38-29-15-5-7-17-31(29)40(46-38)26-42-33-19-9-11-21-35(33)44(36)48-42/h1-26,45,48H/b23-22+,37-24?,38-24?,39-25?,40-26?,41-25?,42-26?,43-36?,44-36?. The molecule has 48 heavy (non-hydrogen) atoms. The second kappa shape index (κ2) is 10.5. The molecule has 5 heterocycles. The Kier molecular flexibility index (Phi) is 5.84. The molecule has 4 nitrogen and oxygen atoms in total. The molecule has 0 saturated heterocycles. The monoisotopic (exact) mass is 612 g/mol. The molecule has 0 amide bonds. The Labute approximate surface area is 276 Å². The highest BCUT2D eigenvalue weighted by Gasteiger charge is 2.21. The van der Waals surface area contributed by atoms with E-state index in [1.807, 2.05) is 6.07 Å². The second-order valence-electron chi connectivity index (χ2n) is 12.4. The maximum Gasteiger partial charge on any atom is 0.0809 e. The molecule has 5 aromatic carbocycles. The van der Waals surface area contributed by atoms with Crippen molar-refractivity contribution in [3.05, 3.63) is 157 Å². The summed E-state index contributed by atoms with van der Waals surface area (Å²) in [6.45, 7) is 0. The summed E-state index contributed by atoms with van der Waals surface area (Å²) in [5.41, 5.74) is 14.5. The Morgan fingerprint density at radius 3 is 1.48 bits per heavy atom. The van der Waals surface area contributed by atoms with E-state index >= 15 is 0 Å². The van der Waals surface area contributed by atoms with Gasteiger partial charge in [0.05, 0.1) is 28.3 Å². The lowest BCUT2D eigenvalue weighted by Gasteiger charge is -2.03. The molecule has 10 rings (SSSR count). The van der Waals surface area contributed by atoms with Crippen molar-refractivity contribution < 1.29 is 0 Å². The van der Waals surface area contributed by atoms with Gasteiger partial charge in [-0.25, -0.2) is 9.97 Å². The Morgan fingerprint density at radius 1 is 0.396 bits per heavy atom. The summed E-state index contributed by atoms with van der Waals surface area (Å²) < 4.78 is 0. The molecule has 3 aromatic heterocycles. The van der Waals surface area contributed by atoms with Gasteiger partial charge in [0.1, 0.15) is 0 Å². The first kappa shape index (κ1) is 26.7. The third-order valence-corrected chi connectivity index (χ3v) is 9.54. The van der Waals surface area contributed by atoms with Crippen LogP contribution in [0.4, 0.5) is 0 Å². The van der Waals surface area contributed by atoms with Crippen LogP contribution in [0.5, 0.6) is 0 Å². The van der Waals surface area contributed by atoms with Gasteiger partial charge >= 0.3 is 0 Å². The summed E-state index contributed by atoms with van der Waals surface area (Å²) in [6, 6.07) is 51.2. The number of aromatic amines is 2. The van der Waals surface area contributed by atoms with Gasteiger partial charge in [0.15, 0.2) is 0 Å². The maximum atomic E-state index is 5.43. The molecular formula is C44H28N4. The van der Waals surface area contributed by atoms with Crippen molar-refractivity contribution in [1.29, 1.82) is 0 Å². The zero-order valence-electron chi connectivity index (χ0n) is 25.9. The predicted molar refractivity (Wildman–Crippen MR) is 200 cm³/mol. The largest absolute Gasteiger partial charge is 0.354 e. The lowest BCUT2D eigenvalue weighted by Crippen LogP contribution is -1.83. The molecule has 0 aliphatic carbocycles. The minimum absolute atomic E-state index is 0.929. The molecule has 8 bridgehead atoms. The summed E-state index contributed by atoms with van der Waals surface area (Å²) in [5, 5.41) is 4.58. The lowest BCUT2D eigenvalue weighted by molar-refractivity contribution is 1.40. The Morgan fingerprint density at radius 2 is 0.854 bits per heavy atom. The quantitative estimate of drug-likeness (QED) is 0.204. The van der Waals surface area contributed by atoms with Gasteiger partial charge < -0.3 is 9.97 Å². The first-order valence-electron chi connectivity index (χ1n) is 16.3. The molecule has 2 N–H and O–H groups in total. The van der Waals surface area contributed by atoms with Crippen molar-refractivity contribution in [2.24, 2.45) is 0 Å². The number of H-pyrrole nitrogens is 2. The van der Waals surface area contributed by atoms with E-state index in [1.54, 1.807) is 0 Å². The minimum atomic E-state index is 0.929. The molecule has 4 heteroatoms. The average Bonchev–Trinajstić information content (AvgIpc) is 3.88. The number of benzene rings is 5. The van der Waals surface area contributed by atoms with Gasteiger partial charge in [-0.3, -0.25) is 0 Å². The lowest BCUT2D eigenvalue weighted by atomic mass is 10.00. The third-order valence-electron chi connectivity index (χ3n) is 9.54. The van der Waals surface area contributed by atoms with Gasteiger partial charge in [0, 0.05) is 65.9 Å². The van der Waals surface area contributed by atoms with E-state index in [0.717, 1.165) is 99.8 Å². The minimum Gasteiger partial charge on any atom is -0.354 e. The second-order valence-corrected chi connectivity index (χ2v) is 12.4. The van der Waals surface area contributed by atoms with Gasteiger partial charge in [0.2, 0.25) is 0 Å². The summed E-state index contributed by atoms with van der Waals surface area (Å²) in [5.74, 6) is 0. The first-order valence-corrected chi connectivity index (χ1v) is 16.3. The van der Waals surface area contributed by atoms with Crippen molar-refractivity contribution in [2.75, 3.05) is 0 Å². The molecule has 2 aliphatic rings. The number of hydrogen-bond donors (Lipinski definition) is 2. The summed E-state index contributed by atoms with van der Waals surface area (Å²) in [7, 11) is 0. The zero-order valence-corrected chi connectivity index (χ0v) is 25.9. The first-order chi connectivity index (χ1) is 23.8. The van der Waals surface area contributed by atoms with Gasteiger partial charge in [-0.05, 0) is 23.8 Å². The zero-order chi connectivity index (χ0) is 31.6. The van der Waals surface area contributed by atoms with Crippen LogP contribution in [0.15, 0.2) is 146 Å². The molecule has 0 atom stereocenters. The molecule has 0 unspecified atom stereocenters. The molecule has 0 saturated carbocycles. The van der Waals surface area contributed by atoms with Crippen LogP contribution in [0.1, 0.15) is 11.1 Å². The van der Waals surface area contributed by atoms with Crippen LogP contribution in [0, 0.1) is 0 Å². The van der Waals surface area contributed by atoms with E-state index in [-0.39, 0.29) is 0 Å². The summed E-state index contributed by atoms with van der Waals surface area (Å²) >= 11 is 0. The Hall–Kier alpha value is -6.52. The van der Waals surface area contributed by atoms with Gasteiger partial charge in [-0.2, -0.15) is 0 Å². The van der Waals surface area contributed by atoms with Crippen molar-refractivity contribution in [3.8, 4) is 45.0 Å². The van der Waals surface area contributed by atoms with E-state index in [9.17, 15) is 0 Å². The van der Waals surface area contributed by atoms with Crippen molar-refractivity contribution >= 4 is 55.8 Å². The van der Waals surface area contributed by atoms with Crippen molar-refractivity contribution in [2.45, 2.75) is 0 Å². The Bertz CT molecular complexity index is 2780. The third kappa shape index (κ3) is 4.16. The normalized spacial score (nSPS) is 12.1. The predicted octanol–water partition coefficient (Wildman–Crippen LogP) is 11.5. The number of nitrogens with zero attached hydrogens (tertiary/aromatic N) is 2. The number of aromatic nitrogens is 4. The van der Waals surface area contributed by atoms with Crippen LogP contribution in [0.2, 0.25) is 0 Å². The SMILES string of the molecule is C(=C\c1c2nc(cc3[nH]c(cc4nc(cc5[nH]c1c1ccccc51)-c1ccccc1-4)c1ccccc31)-c1ccccc1-2)/c1ccccc1. The number of rotatable bonds is 2. The van der Waals surface area contributed by atoms with Crippen LogP contribution in [0.25, 0.3) is 101 Å². The van der Waals surface area contributed by atoms with Crippen LogP contribution in [-0.4, -0.2) is 19.9 Å². The summed E-state index contributed by atoms with van der Waals surface area (Å²) in [4.78, 5) is 18.3. The van der Waals surface area contributed by atoms with E-state index < -0.39 is 0 Å². The fourth-order valence-corrected chi connectivity index (χ4v) is 7.30. The van der Waals surface area contributed by atoms with Crippen LogP contribution >= 0.6 is 0 Å². The molecule has 0 fully saturated rings. The summed E-state index contributed by atoms with van der Waals surface area (Å²) in [6.07, 6.45) is 4.39. The number of fused-ring (bicyclic) bond motifs is 20. The smallest absolute Gasteiger partial charge is 0.0809 e. The highest BCUT2D eigenvalue weighted by Crippen LogP contribution is 2.42. The maximum absolute atomic E-state index is 5.43. The van der Waals surface area contributed by atoms with Gasteiger partial charge in [-0.15, -0.1) is 0 Å². The fourth-order valence-electron chi connectivity index (χ4n) is 7.30.